The number of amides is 1. The van der Waals surface area contributed by atoms with Gasteiger partial charge in [-0.3, -0.25) is 4.79 Å². The van der Waals surface area contributed by atoms with Crippen LogP contribution in [0, 0.1) is 0 Å². The molecule has 0 saturated heterocycles. The lowest BCUT2D eigenvalue weighted by atomic mass is 10.00. The molecule has 2 aromatic carbocycles. The summed E-state index contributed by atoms with van der Waals surface area (Å²) in [5.41, 5.74) is 3.28. The van der Waals surface area contributed by atoms with E-state index in [9.17, 15) is 9.59 Å². The lowest BCUT2D eigenvalue weighted by Gasteiger charge is -2.36. The minimum Gasteiger partial charge on any atom is -0.465 e. The van der Waals surface area contributed by atoms with E-state index in [1.165, 1.54) is 18.1 Å². The van der Waals surface area contributed by atoms with Crippen molar-refractivity contribution in [1.82, 2.24) is 4.90 Å². The molecule has 0 heterocycles. The number of rotatable bonds is 8. The number of allylic oxidation sites excluding steroid dienone is 2. The second kappa shape index (κ2) is 10.2. The summed E-state index contributed by atoms with van der Waals surface area (Å²) < 4.78 is 20.3. The molecule has 31 heavy (non-hydrogen) atoms. The van der Waals surface area contributed by atoms with Crippen LogP contribution in [0.25, 0.3) is 11.1 Å². The zero-order chi connectivity index (χ0) is 22.3. The number of nitrogens with zero attached hydrogens (tertiary/aromatic N) is 1. The predicted molar refractivity (Wildman–Crippen MR) is 120 cm³/mol. The van der Waals surface area contributed by atoms with Gasteiger partial charge in [0.25, 0.3) is 0 Å². The standard InChI is InChI=1S/C26H28FNO3/c1-3-4-8-24(29)28(26(27)17-6-5-7-18-26)19-20-9-11-21(12-10-20)22-13-15-23(16-14-22)25(30)31-2/h5-7,9-17H,3-4,8,18-19H2,1-2H3. The fraction of sp³-hybridized carbons (Fsp3) is 0.308. The first-order valence-corrected chi connectivity index (χ1v) is 10.6. The van der Waals surface area contributed by atoms with E-state index in [1.54, 1.807) is 30.4 Å². The number of alkyl halides is 1. The summed E-state index contributed by atoms with van der Waals surface area (Å²) in [6, 6.07) is 14.9. The molecule has 0 spiro atoms. The fourth-order valence-corrected chi connectivity index (χ4v) is 3.57. The predicted octanol–water partition coefficient (Wildman–Crippen LogP) is 5.84. The summed E-state index contributed by atoms with van der Waals surface area (Å²) in [6.45, 7) is 2.22. The number of carbonyl (C=O) groups excluding carboxylic acids is 2. The van der Waals surface area contributed by atoms with Crippen molar-refractivity contribution in [1.29, 1.82) is 0 Å². The van der Waals surface area contributed by atoms with E-state index in [4.69, 9.17) is 4.74 Å². The number of hydrogen-bond acceptors (Lipinski definition) is 3. The van der Waals surface area contributed by atoms with E-state index >= 15 is 4.39 Å². The maximum atomic E-state index is 15.6. The Hall–Kier alpha value is -3.21. The Kier molecular flexibility index (Phi) is 7.40. The second-order valence-corrected chi connectivity index (χ2v) is 7.66. The topological polar surface area (TPSA) is 46.6 Å². The van der Waals surface area contributed by atoms with Crippen molar-refractivity contribution in [3.05, 3.63) is 84.0 Å². The Bertz CT molecular complexity index is 963. The van der Waals surface area contributed by atoms with Crippen LogP contribution >= 0.6 is 0 Å². The number of esters is 1. The summed E-state index contributed by atoms with van der Waals surface area (Å²) in [4.78, 5) is 25.7. The summed E-state index contributed by atoms with van der Waals surface area (Å²) in [7, 11) is 1.35. The number of carbonyl (C=O) groups is 2. The van der Waals surface area contributed by atoms with Crippen molar-refractivity contribution in [3.63, 3.8) is 0 Å². The van der Waals surface area contributed by atoms with Gasteiger partial charge in [-0.15, -0.1) is 0 Å². The zero-order valence-corrected chi connectivity index (χ0v) is 18.0. The normalized spacial score (nSPS) is 17.4. The Morgan fingerprint density at radius 3 is 2.23 bits per heavy atom. The van der Waals surface area contributed by atoms with E-state index in [-0.39, 0.29) is 24.8 Å². The van der Waals surface area contributed by atoms with Crippen LogP contribution in [-0.2, 0) is 16.1 Å². The third-order valence-electron chi connectivity index (χ3n) is 5.43. The minimum atomic E-state index is -1.80. The minimum absolute atomic E-state index is 0.159. The molecule has 1 amide bonds. The Morgan fingerprint density at radius 2 is 1.68 bits per heavy atom. The van der Waals surface area contributed by atoms with Crippen molar-refractivity contribution in [3.8, 4) is 11.1 Å². The van der Waals surface area contributed by atoms with E-state index < -0.39 is 5.79 Å². The highest BCUT2D eigenvalue weighted by molar-refractivity contribution is 5.90. The molecule has 0 aromatic heterocycles. The molecule has 0 aliphatic heterocycles. The van der Waals surface area contributed by atoms with Gasteiger partial charge < -0.3 is 9.64 Å². The summed E-state index contributed by atoms with van der Waals surface area (Å²) in [5, 5.41) is 0. The van der Waals surface area contributed by atoms with Crippen LogP contribution in [0.4, 0.5) is 4.39 Å². The van der Waals surface area contributed by atoms with Crippen molar-refractivity contribution < 1.29 is 18.7 Å². The lowest BCUT2D eigenvalue weighted by Crippen LogP contribution is -2.47. The Balaban J connectivity index is 1.77. The summed E-state index contributed by atoms with van der Waals surface area (Å²) in [5.74, 6) is -2.35. The number of ether oxygens (including phenoxy) is 1. The molecule has 0 saturated carbocycles. The van der Waals surface area contributed by atoms with Crippen LogP contribution in [-0.4, -0.2) is 29.7 Å². The highest BCUT2D eigenvalue weighted by Crippen LogP contribution is 2.30. The van der Waals surface area contributed by atoms with Crippen LogP contribution in [0.1, 0.15) is 48.5 Å². The average molecular weight is 422 g/mol. The third-order valence-corrected chi connectivity index (χ3v) is 5.43. The maximum Gasteiger partial charge on any atom is 0.337 e. The van der Waals surface area contributed by atoms with Gasteiger partial charge in [0.1, 0.15) is 0 Å². The summed E-state index contributed by atoms with van der Waals surface area (Å²) >= 11 is 0. The van der Waals surface area contributed by atoms with Crippen LogP contribution in [0.3, 0.4) is 0 Å². The number of unbranched alkanes of at least 4 members (excludes halogenated alkanes) is 1. The Morgan fingerprint density at radius 1 is 1.03 bits per heavy atom. The molecule has 0 fully saturated rings. The second-order valence-electron chi connectivity index (χ2n) is 7.66. The van der Waals surface area contributed by atoms with E-state index in [0.29, 0.717) is 12.0 Å². The molecule has 2 aromatic rings. The molecule has 5 heteroatoms. The van der Waals surface area contributed by atoms with Crippen LogP contribution < -0.4 is 0 Å². The molecule has 0 radical (unpaired) electrons. The van der Waals surface area contributed by atoms with E-state index in [1.807, 2.05) is 43.3 Å². The quantitative estimate of drug-likeness (QED) is 0.397. The van der Waals surface area contributed by atoms with Crippen molar-refractivity contribution >= 4 is 11.9 Å². The molecule has 162 valence electrons. The molecular weight excluding hydrogens is 393 g/mol. The molecule has 1 unspecified atom stereocenters. The summed E-state index contributed by atoms with van der Waals surface area (Å²) in [6.07, 6.45) is 8.80. The molecule has 0 N–H and O–H groups in total. The van der Waals surface area contributed by atoms with Gasteiger partial charge in [-0.25, -0.2) is 9.18 Å². The number of methoxy groups -OCH3 is 1. The average Bonchev–Trinajstić information content (AvgIpc) is 2.81. The van der Waals surface area contributed by atoms with Gasteiger partial charge in [0.15, 0.2) is 0 Å². The van der Waals surface area contributed by atoms with Gasteiger partial charge in [-0.1, -0.05) is 68.0 Å². The third kappa shape index (κ3) is 5.48. The number of hydrogen-bond donors (Lipinski definition) is 0. The molecule has 1 atom stereocenters. The van der Waals surface area contributed by atoms with Crippen LogP contribution in [0.15, 0.2) is 72.8 Å². The van der Waals surface area contributed by atoms with Gasteiger partial charge >= 0.3 is 5.97 Å². The smallest absolute Gasteiger partial charge is 0.337 e. The largest absolute Gasteiger partial charge is 0.465 e. The zero-order valence-electron chi connectivity index (χ0n) is 18.0. The first-order chi connectivity index (χ1) is 15.0. The molecular formula is C26H28FNO3. The highest BCUT2D eigenvalue weighted by atomic mass is 19.1. The molecule has 4 nitrogen and oxygen atoms in total. The SMILES string of the molecule is CCCCC(=O)N(Cc1ccc(-c2ccc(C(=O)OC)cc2)cc1)C1(F)C=CC=CC1. The fourth-order valence-electron chi connectivity index (χ4n) is 3.57. The van der Waals surface area contributed by atoms with Gasteiger partial charge in [0.05, 0.1) is 12.7 Å². The van der Waals surface area contributed by atoms with Crippen LogP contribution in [0.2, 0.25) is 0 Å². The van der Waals surface area contributed by atoms with Gasteiger partial charge in [-0.2, -0.15) is 0 Å². The molecule has 1 aliphatic rings. The first kappa shape index (κ1) is 22.5. The molecule has 3 rings (SSSR count). The lowest BCUT2D eigenvalue weighted by molar-refractivity contribution is -0.143. The van der Waals surface area contributed by atoms with Gasteiger partial charge in [0.2, 0.25) is 11.7 Å². The van der Waals surface area contributed by atoms with Gasteiger partial charge in [-0.05, 0) is 41.3 Å². The molecule has 1 aliphatic carbocycles. The van der Waals surface area contributed by atoms with Crippen molar-refractivity contribution in [2.24, 2.45) is 0 Å². The highest BCUT2D eigenvalue weighted by Gasteiger charge is 2.37. The van der Waals surface area contributed by atoms with E-state index in [0.717, 1.165) is 29.5 Å². The monoisotopic (exact) mass is 421 g/mol. The van der Waals surface area contributed by atoms with Gasteiger partial charge in [0, 0.05) is 19.4 Å². The molecule has 0 bridgehead atoms. The van der Waals surface area contributed by atoms with Crippen LogP contribution in [0.5, 0.6) is 0 Å². The first-order valence-electron chi connectivity index (χ1n) is 10.6. The number of halogens is 1. The maximum absolute atomic E-state index is 15.6. The number of benzene rings is 2. The van der Waals surface area contributed by atoms with E-state index in [2.05, 4.69) is 0 Å². The van der Waals surface area contributed by atoms with Crippen molar-refractivity contribution in [2.75, 3.05) is 7.11 Å². The van der Waals surface area contributed by atoms with Crippen molar-refractivity contribution in [2.45, 2.75) is 44.9 Å². The Labute approximate surface area is 183 Å².